The number of amides is 1. The molecule has 1 aliphatic rings. The lowest BCUT2D eigenvalue weighted by molar-refractivity contribution is -0.122. The Morgan fingerprint density at radius 1 is 1.31 bits per heavy atom. The van der Waals surface area contributed by atoms with Crippen molar-refractivity contribution in [1.29, 1.82) is 0 Å². The predicted molar refractivity (Wildman–Crippen MR) is 63.8 cm³/mol. The molecule has 86 valence electrons. The van der Waals surface area contributed by atoms with E-state index >= 15 is 0 Å². The lowest BCUT2D eigenvalue weighted by Crippen LogP contribution is -2.27. The molecule has 0 aromatic heterocycles. The highest BCUT2D eigenvalue weighted by Gasteiger charge is 2.28. The molecular weight excluding hydrogens is 200 g/mol. The fourth-order valence-electron chi connectivity index (χ4n) is 1.81. The van der Waals surface area contributed by atoms with Crippen LogP contribution in [0.1, 0.15) is 24.0 Å². The van der Waals surface area contributed by atoms with Gasteiger partial charge in [0.15, 0.2) is 0 Å². The molecule has 0 atom stereocenters. The monoisotopic (exact) mass is 218 g/mol. The first-order valence-electron chi connectivity index (χ1n) is 5.86. The highest BCUT2D eigenvalue weighted by atomic mass is 16.2. The van der Waals surface area contributed by atoms with Gasteiger partial charge >= 0.3 is 0 Å². The number of nitrogens with one attached hydrogen (secondary N) is 1. The zero-order valence-corrected chi connectivity index (χ0v) is 9.41. The summed E-state index contributed by atoms with van der Waals surface area (Å²) >= 11 is 0. The highest BCUT2D eigenvalue weighted by molar-refractivity contribution is 5.80. The second-order valence-electron chi connectivity index (χ2n) is 4.29. The van der Waals surface area contributed by atoms with Crippen molar-refractivity contribution in [2.45, 2.75) is 25.8 Å². The van der Waals surface area contributed by atoms with E-state index in [0.29, 0.717) is 19.0 Å². The smallest absolute Gasteiger partial charge is 0.223 e. The molecule has 3 nitrogen and oxygen atoms in total. The van der Waals surface area contributed by atoms with Crippen LogP contribution in [0.15, 0.2) is 24.3 Å². The molecule has 1 aromatic carbocycles. The van der Waals surface area contributed by atoms with Crippen molar-refractivity contribution in [2.24, 2.45) is 11.7 Å². The van der Waals surface area contributed by atoms with Gasteiger partial charge in [-0.1, -0.05) is 24.3 Å². The second-order valence-corrected chi connectivity index (χ2v) is 4.29. The Hall–Kier alpha value is -1.35. The lowest BCUT2D eigenvalue weighted by atomic mass is 10.0. The van der Waals surface area contributed by atoms with Crippen molar-refractivity contribution in [3.8, 4) is 0 Å². The maximum Gasteiger partial charge on any atom is 0.223 e. The first-order valence-corrected chi connectivity index (χ1v) is 5.86. The Morgan fingerprint density at radius 3 is 2.62 bits per heavy atom. The Balaban J connectivity index is 1.81. The Bertz CT molecular complexity index is 372. The first-order chi connectivity index (χ1) is 7.81. The number of nitrogens with two attached hydrogens (primary N) is 1. The van der Waals surface area contributed by atoms with Gasteiger partial charge in [0.25, 0.3) is 0 Å². The van der Waals surface area contributed by atoms with E-state index in [0.717, 1.165) is 19.3 Å². The van der Waals surface area contributed by atoms with Gasteiger partial charge in [0.1, 0.15) is 0 Å². The van der Waals surface area contributed by atoms with Crippen LogP contribution >= 0.6 is 0 Å². The van der Waals surface area contributed by atoms with Crippen LogP contribution in [-0.4, -0.2) is 12.5 Å². The zero-order chi connectivity index (χ0) is 11.4. The number of carbonyl (C=O) groups is 1. The third-order valence-corrected chi connectivity index (χ3v) is 2.98. The van der Waals surface area contributed by atoms with E-state index in [-0.39, 0.29) is 5.91 Å². The summed E-state index contributed by atoms with van der Waals surface area (Å²) in [4.78, 5) is 11.4. The van der Waals surface area contributed by atoms with Gasteiger partial charge in [0.2, 0.25) is 5.91 Å². The largest absolute Gasteiger partial charge is 0.356 e. The molecule has 1 aliphatic carbocycles. The molecule has 0 saturated heterocycles. The number of carbonyl (C=O) groups excluding carboxylic acids is 1. The minimum Gasteiger partial charge on any atom is -0.356 e. The first kappa shape index (κ1) is 11.1. The third-order valence-electron chi connectivity index (χ3n) is 2.98. The van der Waals surface area contributed by atoms with Gasteiger partial charge in [0, 0.05) is 19.0 Å². The molecule has 0 unspecified atom stereocenters. The average Bonchev–Trinajstić information content (AvgIpc) is 3.13. The summed E-state index contributed by atoms with van der Waals surface area (Å²) in [6.45, 7) is 1.28. The predicted octanol–water partition coefficient (Wildman–Crippen LogP) is 1.21. The van der Waals surface area contributed by atoms with Crippen LogP contribution in [0.4, 0.5) is 0 Å². The topological polar surface area (TPSA) is 55.1 Å². The van der Waals surface area contributed by atoms with Crippen LogP contribution in [0.3, 0.4) is 0 Å². The summed E-state index contributed by atoms with van der Waals surface area (Å²) in [5.74, 6) is 0.509. The van der Waals surface area contributed by atoms with Gasteiger partial charge < -0.3 is 11.1 Å². The van der Waals surface area contributed by atoms with Crippen LogP contribution in [0.25, 0.3) is 0 Å². The Labute approximate surface area is 96.0 Å². The van der Waals surface area contributed by atoms with Crippen molar-refractivity contribution in [2.75, 3.05) is 6.54 Å². The van der Waals surface area contributed by atoms with Crippen LogP contribution in [0.2, 0.25) is 0 Å². The van der Waals surface area contributed by atoms with E-state index in [9.17, 15) is 4.79 Å². The second kappa shape index (κ2) is 5.12. The molecular formula is C13H18N2O. The average molecular weight is 218 g/mol. The third kappa shape index (κ3) is 2.83. The molecule has 16 heavy (non-hydrogen) atoms. The fraction of sp³-hybridized carbons (Fsp3) is 0.462. The SMILES string of the molecule is NCc1ccccc1CCNC(=O)C1CC1. The van der Waals surface area contributed by atoms with Crippen molar-refractivity contribution in [3.63, 3.8) is 0 Å². The van der Waals surface area contributed by atoms with E-state index in [1.54, 1.807) is 0 Å². The van der Waals surface area contributed by atoms with Gasteiger partial charge in [-0.15, -0.1) is 0 Å². The minimum atomic E-state index is 0.213. The molecule has 0 spiro atoms. The van der Waals surface area contributed by atoms with E-state index < -0.39 is 0 Å². The molecule has 3 N–H and O–H groups in total. The summed E-state index contributed by atoms with van der Waals surface area (Å²) in [5.41, 5.74) is 8.06. The van der Waals surface area contributed by atoms with Gasteiger partial charge in [-0.3, -0.25) is 4.79 Å². The maximum atomic E-state index is 11.4. The molecule has 1 aromatic rings. The van der Waals surface area contributed by atoms with Crippen molar-refractivity contribution in [1.82, 2.24) is 5.32 Å². The molecule has 0 aliphatic heterocycles. The van der Waals surface area contributed by atoms with E-state index in [1.165, 1.54) is 11.1 Å². The summed E-state index contributed by atoms with van der Waals surface area (Å²) in [6, 6.07) is 8.12. The van der Waals surface area contributed by atoms with Crippen LogP contribution < -0.4 is 11.1 Å². The van der Waals surface area contributed by atoms with Crippen LogP contribution in [0, 0.1) is 5.92 Å². The molecule has 0 radical (unpaired) electrons. The van der Waals surface area contributed by atoms with Crippen LogP contribution in [0.5, 0.6) is 0 Å². The summed E-state index contributed by atoms with van der Waals surface area (Å²) < 4.78 is 0. The van der Waals surface area contributed by atoms with Gasteiger partial charge in [-0.25, -0.2) is 0 Å². The number of rotatable bonds is 5. The Morgan fingerprint density at radius 2 is 2.00 bits per heavy atom. The van der Waals surface area contributed by atoms with E-state index in [2.05, 4.69) is 11.4 Å². The molecule has 2 rings (SSSR count). The van der Waals surface area contributed by atoms with Crippen molar-refractivity contribution >= 4 is 5.91 Å². The van der Waals surface area contributed by atoms with E-state index in [1.807, 2.05) is 18.2 Å². The summed E-state index contributed by atoms with van der Waals surface area (Å²) in [5, 5.41) is 2.96. The fourth-order valence-corrected chi connectivity index (χ4v) is 1.81. The van der Waals surface area contributed by atoms with Crippen molar-refractivity contribution < 1.29 is 4.79 Å². The lowest BCUT2D eigenvalue weighted by Gasteiger charge is -2.08. The molecule has 1 fully saturated rings. The number of hydrogen-bond donors (Lipinski definition) is 2. The summed E-state index contributed by atoms with van der Waals surface area (Å²) in [6.07, 6.45) is 2.99. The maximum absolute atomic E-state index is 11.4. The Kier molecular flexibility index (Phi) is 3.57. The molecule has 1 saturated carbocycles. The van der Waals surface area contributed by atoms with E-state index in [4.69, 9.17) is 5.73 Å². The standard InChI is InChI=1S/C13H18N2O/c14-9-12-4-2-1-3-10(12)7-8-15-13(16)11-5-6-11/h1-4,11H,5-9,14H2,(H,15,16). The minimum absolute atomic E-state index is 0.213. The highest BCUT2D eigenvalue weighted by Crippen LogP contribution is 2.28. The molecule has 3 heteroatoms. The van der Waals surface area contributed by atoms with Gasteiger partial charge in [0.05, 0.1) is 0 Å². The zero-order valence-electron chi connectivity index (χ0n) is 9.41. The quantitative estimate of drug-likeness (QED) is 0.780. The number of benzene rings is 1. The van der Waals surface area contributed by atoms with Gasteiger partial charge in [-0.2, -0.15) is 0 Å². The normalized spacial score (nSPS) is 14.8. The molecule has 0 bridgehead atoms. The molecule has 1 amide bonds. The number of hydrogen-bond acceptors (Lipinski definition) is 2. The molecule has 0 heterocycles. The summed E-state index contributed by atoms with van der Waals surface area (Å²) in [7, 11) is 0. The van der Waals surface area contributed by atoms with Gasteiger partial charge in [-0.05, 0) is 30.4 Å². The van der Waals surface area contributed by atoms with Crippen molar-refractivity contribution in [3.05, 3.63) is 35.4 Å². The van der Waals surface area contributed by atoms with Crippen LogP contribution in [-0.2, 0) is 17.8 Å².